The van der Waals surface area contributed by atoms with Gasteiger partial charge in [-0.1, -0.05) is 0 Å². The number of anilines is 1. The zero-order valence-electron chi connectivity index (χ0n) is 9.09. The summed E-state index contributed by atoms with van der Waals surface area (Å²) in [5, 5.41) is 2.33. The number of amides is 2. The zero-order valence-corrected chi connectivity index (χ0v) is 9.09. The number of nitrogens with one attached hydrogen (secondary N) is 1. The van der Waals surface area contributed by atoms with Crippen LogP contribution in [-0.4, -0.2) is 24.9 Å². The van der Waals surface area contributed by atoms with E-state index in [0.29, 0.717) is 0 Å². The van der Waals surface area contributed by atoms with E-state index < -0.39 is 23.4 Å². The van der Waals surface area contributed by atoms with Crippen LogP contribution in [0, 0.1) is 18.6 Å². The van der Waals surface area contributed by atoms with Gasteiger partial charge in [-0.3, -0.25) is 14.5 Å². The number of nitrogens with zero attached hydrogens (tertiary/aromatic N) is 1. The first-order valence-electron chi connectivity index (χ1n) is 5.02. The molecule has 2 amide bonds. The second-order valence-electron chi connectivity index (χ2n) is 3.81. The van der Waals surface area contributed by atoms with Crippen molar-refractivity contribution < 1.29 is 18.4 Å². The van der Waals surface area contributed by atoms with Crippen LogP contribution in [0.1, 0.15) is 5.56 Å². The first-order valence-corrected chi connectivity index (χ1v) is 5.02. The van der Waals surface area contributed by atoms with Crippen molar-refractivity contribution >= 4 is 17.5 Å². The maximum Gasteiger partial charge on any atom is 0.246 e. The highest BCUT2D eigenvalue weighted by Crippen LogP contribution is 2.23. The topological polar surface area (TPSA) is 49.4 Å². The van der Waals surface area contributed by atoms with Crippen LogP contribution in [0.15, 0.2) is 12.1 Å². The fraction of sp³-hybridized carbons (Fsp3) is 0.273. The van der Waals surface area contributed by atoms with E-state index in [-0.39, 0.29) is 24.3 Å². The second kappa shape index (κ2) is 4.12. The number of benzene rings is 1. The molecular weight excluding hydrogens is 230 g/mol. The van der Waals surface area contributed by atoms with E-state index in [1.165, 1.54) is 6.92 Å². The van der Waals surface area contributed by atoms with Gasteiger partial charge in [-0.05, 0) is 18.6 Å². The molecule has 1 N–H and O–H groups in total. The van der Waals surface area contributed by atoms with Crippen LogP contribution in [0.5, 0.6) is 0 Å². The summed E-state index contributed by atoms with van der Waals surface area (Å²) in [6, 6.07) is 1.94. The van der Waals surface area contributed by atoms with Gasteiger partial charge >= 0.3 is 0 Å². The van der Waals surface area contributed by atoms with E-state index in [1.807, 2.05) is 0 Å². The van der Waals surface area contributed by atoms with E-state index >= 15 is 0 Å². The molecule has 1 saturated heterocycles. The van der Waals surface area contributed by atoms with Gasteiger partial charge in [0.25, 0.3) is 0 Å². The van der Waals surface area contributed by atoms with Crippen molar-refractivity contribution in [3.05, 3.63) is 29.3 Å². The summed E-state index contributed by atoms with van der Waals surface area (Å²) in [6.45, 7) is 0.930. The minimum atomic E-state index is -0.716. The molecule has 0 atom stereocenters. The van der Waals surface area contributed by atoms with Gasteiger partial charge in [0.2, 0.25) is 11.8 Å². The fourth-order valence-electron chi connectivity index (χ4n) is 1.62. The number of hydrogen-bond donors (Lipinski definition) is 1. The van der Waals surface area contributed by atoms with E-state index in [4.69, 9.17) is 0 Å². The van der Waals surface area contributed by atoms with Gasteiger partial charge in [-0.15, -0.1) is 0 Å². The summed E-state index contributed by atoms with van der Waals surface area (Å²) in [4.78, 5) is 23.6. The van der Waals surface area contributed by atoms with Crippen LogP contribution in [0.2, 0.25) is 0 Å². The first kappa shape index (κ1) is 11.5. The Morgan fingerprint density at radius 1 is 1.24 bits per heavy atom. The Morgan fingerprint density at radius 3 is 2.65 bits per heavy atom. The van der Waals surface area contributed by atoms with Gasteiger partial charge < -0.3 is 5.32 Å². The molecule has 1 fully saturated rings. The van der Waals surface area contributed by atoms with Crippen molar-refractivity contribution in [2.45, 2.75) is 6.92 Å². The second-order valence-corrected chi connectivity index (χ2v) is 3.81. The van der Waals surface area contributed by atoms with Crippen molar-refractivity contribution in [2.75, 3.05) is 18.0 Å². The Kier molecular flexibility index (Phi) is 2.79. The van der Waals surface area contributed by atoms with Gasteiger partial charge in [-0.2, -0.15) is 0 Å². The summed E-state index contributed by atoms with van der Waals surface area (Å²) in [5.41, 5.74) is -0.0480. The van der Waals surface area contributed by atoms with E-state index in [0.717, 1.165) is 17.0 Å². The summed E-state index contributed by atoms with van der Waals surface area (Å²) in [7, 11) is 0. The van der Waals surface area contributed by atoms with E-state index in [2.05, 4.69) is 5.32 Å². The van der Waals surface area contributed by atoms with Crippen LogP contribution in [0.4, 0.5) is 14.5 Å². The Bertz CT molecular complexity index is 502. The normalized spacial score (nSPS) is 16.1. The minimum absolute atomic E-state index is 0.153. The van der Waals surface area contributed by atoms with Crippen LogP contribution in [0.3, 0.4) is 0 Å². The predicted octanol–water partition coefficient (Wildman–Crippen LogP) is 0.736. The van der Waals surface area contributed by atoms with Crippen molar-refractivity contribution in [1.29, 1.82) is 0 Å². The summed E-state index contributed by atoms with van der Waals surface area (Å²) < 4.78 is 27.0. The smallest absolute Gasteiger partial charge is 0.246 e. The van der Waals surface area contributed by atoms with E-state index in [9.17, 15) is 18.4 Å². The fourth-order valence-corrected chi connectivity index (χ4v) is 1.62. The van der Waals surface area contributed by atoms with Crippen molar-refractivity contribution in [2.24, 2.45) is 0 Å². The number of piperazine rings is 1. The molecule has 90 valence electrons. The van der Waals surface area contributed by atoms with Crippen molar-refractivity contribution in [3.8, 4) is 0 Å². The summed E-state index contributed by atoms with van der Waals surface area (Å²) >= 11 is 0. The van der Waals surface area contributed by atoms with Gasteiger partial charge in [0.1, 0.15) is 18.2 Å². The molecule has 1 aliphatic rings. The average Bonchev–Trinajstić information content (AvgIpc) is 2.27. The maximum atomic E-state index is 13.6. The lowest BCUT2D eigenvalue weighted by atomic mass is 10.1. The number of aryl methyl sites for hydroxylation is 1. The minimum Gasteiger partial charge on any atom is -0.345 e. The molecule has 0 bridgehead atoms. The Hall–Kier alpha value is -1.98. The lowest BCUT2D eigenvalue weighted by Gasteiger charge is -2.27. The van der Waals surface area contributed by atoms with Gasteiger partial charge in [0.05, 0.1) is 12.2 Å². The molecule has 1 aliphatic heterocycles. The Balaban J connectivity index is 2.42. The highest BCUT2D eigenvalue weighted by Gasteiger charge is 2.27. The lowest BCUT2D eigenvalue weighted by Crippen LogP contribution is -2.52. The molecule has 0 saturated carbocycles. The molecule has 0 unspecified atom stereocenters. The Labute approximate surface area is 96.2 Å². The quantitative estimate of drug-likeness (QED) is 0.787. The maximum absolute atomic E-state index is 13.6. The molecule has 17 heavy (non-hydrogen) atoms. The third-order valence-corrected chi connectivity index (χ3v) is 2.56. The average molecular weight is 240 g/mol. The molecule has 0 radical (unpaired) electrons. The van der Waals surface area contributed by atoms with Gasteiger partial charge in [-0.25, -0.2) is 8.78 Å². The number of halogens is 2. The van der Waals surface area contributed by atoms with Crippen LogP contribution in [0.25, 0.3) is 0 Å². The van der Waals surface area contributed by atoms with Gasteiger partial charge in [0.15, 0.2) is 0 Å². The monoisotopic (exact) mass is 240 g/mol. The summed E-state index contributed by atoms with van der Waals surface area (Å²) in [6.07, 6.45) is 0. The van der Waals surface area contributed by atoms with Crippen molar-refractivity contribution in [1.82, 2.24) is 5.32 Å². The van der Waals surface area contributed by atoms with Gasteiger partial charge in [0, 0.05) is 6.07 Å². The largest absolute Gasteiger partial charge is 0.345 e. The molecule has 2 rings (SSSR count). The highest BCUT2D eigenvalue weighted by molar-refractivity contribution is 6.04. The zero-order chi connectivity index (χ0) is 12.6. The Morgan fingerprint density at radius 2 is 1.94 bits per heavy atom. The number of hydrogen-bond acceptors (Lipinski definition) is 2. The molecule has 4 nitrogen and oxygen atoms in total. The van der Waals surface area contributed by atoms with E-state index in [1.54, 1.807) is 0 Å². The molecule has 0 aromatic heterocycles. The molecule has 1 aromatic rings. The van der Waals surface area contributed by atoms with Crippen LogP contribution >= 0.6 is 0 Å². The number of carbonyl (C=O) groups excluding carboxylic acids is 2. The van der Waals surface area contributed by atoms with Crippen molar-refractivity contribution in [3.63, 3.8) is 0 Å². The van der Waals surface area contributed by atoms with Crippen LogP contribution in [-0.2, 0) is 9.59 Å². The summed E-state index contributed by atoms with van der Waals surface area (Å²) in [5.74, 6) is -2.19. The molecule has 6 heteroatoms. The number of carbonyl (C=O) groups is 2. The number of rotatable bonds is 1. The third kappa shape index (κ3) is 2.11. The molecule has 1 heterocycles. The van der Waals surface area contributed by atoms with Crippen LogP contribution < -0.4 is 10.2 Å². The molecular formula is C11H10F2N2O2. The standard InChI is InChI=1S/C11H10F2N2O2/c1-6-2-8(13)9(3-7(6)12)15-5-10(16)14-4-11(15)17/h2-3H,4-5H2,1H3,(H,14,16). The highest BCUT2D eigenvalue weighted by atomic mass is 19.1. The molecule has 0 spiro atoms. The predicted molar refractivity (Wildman–Crippen MR) is 56.5 cm³/mol. The molecule has 1 aromatic carbocycles. The third-order valence-electron chi connectivity index (χ3n) is 2.56. The lowest BCUT2D eigenvalue weighted by molar-refractivity contribution is -0.128. The SMILES string of the molecule is Cc1cc(F)c(N2CC(=O)NCC2=O)cc1F. The molecule has 0 aliphatic carbocycles. The first-order chi connectivity index (χ1) is 7.99.